The van der Waals surface area contributed by atoms with Crippen molar-refractivity contribution in [2.45, 2.75) is 27.2 Å². The van der Waals surface area contributed by atoms with E-state index in [2.05, 4.69) is 10.3 Å². The smallest absolute Gasteiger partial charge is 0.0861 e. The quantitative estimate of drug-likeness (QED) is 0.595. The van der Waals surface area contributed by atoms with Crippen LogP contribution in [0.3, 0.4) is 0 Å². The molecule has 0 atom stereocenters. The van der Waals surface area contributed by atoms with Gasteiger partial charge in [0.2, 0.25) is 0 Å². The average Bonchev–Trinajstić information content (AvgIpc) is 2.06. The molecular weight excluding hydrogens is 138 g/mol. The van der Waals surface area contributed by atoms with Crippen LogP contribution in [0, 0.1) is 5.41 Å². The van der Waals surface area contributed by atoms with E-state index in [0.717, 1.165) is 13.0 Å². The van der Waals surface area contributed by atoms with Gasteiger partial charge in [-0.2, -0.15) is 0 Å². The van der Waals surface area contributed by atoms with Crippen molar-refractivity contribution in [1.29, 1.82) is 5.41 Å². The van der Waals surface area contributed by atoms with E-state index in [4.69, 9.17) is 5.41 Å². The van der Waals surface area contributed by atoms with Crippen LogP contribution in [-0.2, 0) is 0 Å². The topological polar surface area (TPSA) is 48.2 Å². The fourth-order valence-electron chi connectivity index (χ4n) is 0.168. The van der Waals surface area contributed by atoms with E-state index in [9.17, 15) is 0 Å². The van der Waals surface area contributed by atoms with Crippen molar-refractivity contribution in [3.8, 4) is 0 Å². The Morgan fingerprint density at radius 2 is 1.73 bits per heavy atom. The van der Waals surface area contributed by atoms with E-state index < -0.39 is 0 Å². The number of rotatable bonds is 2. The van der Waals surface area contributed by atoms with Gasteiger partial charge in [-0.1, -0.05) is 20.8 Å². The SMILES string of the molecule is CC.CCCN=C=N.CNC. The second-order valence-corrected chi connectivity index (χ2v) is 1.49. The van der Waals surface area contributed by atoms with Crippen molar-refractivity contribution in [3.63, 3.8) is 0 Å². The predicted molar refractivity (Wildman–Crippen MR) is 51.6 cm³/mol. The van der Waals surface area contributed by atoms with Crippen LogP contribution in [0.4, 0.5) is 0 Å². The Morgan fingerprint density at radius 1 is 1.36 bits per heavy atom. The molecule has 0 aromatic heterocycles. The fraction of sp³-hybridized carbons (Fsp3) is 0.875. The molecule has 0 bridgehead atoms. The third kappa shape index (κ3) is 91.9. The summed E-state index contributed by atoms with van der Waals surface area (Å²) in [4.78, 5) is 3.51. The Balaban J connectivity index is -0.000000109. The van der Waals surface area contributed by atoms with Crippen molar-refractivity contribution < 1.29 is 0 Å². The first-order chi connectivity index (χ1) is 5.33. The highest BCUT2D eigenvalue weighted by Crippen LogP contribution is 1.71. The molecule has 0 rings (SSSR count). The zero-order valence-corrected chi connectivity index (χ0v) is 8.36. The van der Waals surface area contributed by atoms with Crippen LogP contribution in [0.5, 0.6) is 0 Å². The van der Waals surface area contributed by atoms with Gasteiger partial charge in [0.15, 0.2) is 0 Å². The van der Waals surface area contributed by atoms with Gasteiger partial charge in [0.1, 0.15) is 0 Å². The van der Waals surface area contributed by atoms with Crippen LogP contribution >= 0.6 is 0 Å². The van der Waals surface area contributed by atoms with E-state index in [0.29, 0.717) is 0 Å². The molecule has 68 valence electrons. The molecule has 0 aliphatic heterocycles. The summed E-state index contributed by atoms with van der Waals surface area (Å²) in [6.45, 7) is 6.75. The van der Waals surface area contributed by atoms with Crippen molar-refractivity contribution >= 4 is 6.01 Å². The van der Waals surface area contributed by atoms with E-state index in [1.165, 1.54) is 0 Å². The summed E-state index contributed by atoms with van der Waals surface area (Å²) in [6, 6.07) is 1.94. The van der Waals surface area contributed by atoms with E-state index >= 15 is 0 Å². The second-order valence-electron chi connectivity index (χ2n) is 1.49. The minimum Gasteiger partial charge on any atom is -0.323 e. The Bertz CT molecular complexity index is 75.4. The molecule has 3 nitrogen and oxygen atoms in total. The Labute approximate surface area is 70.4 Å². The first kappa shape index (κ1) is 16.7. The lowest BCUT2D eigenvalue weighted by molar-refractivity contribution is 0.936. The minimum absolute atomic E-state index is 0.740. The van der Waals surface area contributed by atoms with Crippen LogP contribution in [0.2, 0.25) is 0 Å². The number of hydrogen-bond acceptors (Lipinski definition) is 3. The first-order valence-corrected chi connectivity index (χ1v) is 4.00. The highest BCUT2D eigenvalue weighted by atomic mass is 14.7. The molecule has 3 heteroatoms. The van der Waals surface area contributed by atoms with Gasteiger partial charge in [0.05, 0.1) is 6.01 Å². The van der Waals surface area contributed by atoms with Crippen LogP contribution in [-0.4, -0.2) is 26.6 Å². The highest BCUT2D eigenvalue weighted by molar-refractivity contribution is 5.35. The normalized spacial score (nSPS) is 5.91. The van der Waals surface area contributed by atoms with E-state index in [-0.39, 0.29) is 0 Å². The van der Waals surface area contributed by atoms with Crippen LogP contribution in [0.25, 0.3) is 0 Å². The van der Waals surface area contributed by atoms with Gasteiger partial charge in [-0.25, -0.2) is 10.4 Å². The monoisotopic (exact) mass is 159 g/mol. The molecule has 0 unspecified atom stereocenters. The molecule has 2 N–H and O–H groups in total. The maximum atomic E-state index is 6.29. The van der Waals surface area contributed by atoms with Crippen molar-refractivity contribution in [3.05, 3.63) is 0 Å². The van der Waals surface area contributed by atoms with Gasteiger partial charge < -0.3 is 5.32 Å². The maximum absolute atomic E-state index is 6.29. The lowest BCUT2D eigenvalue weighted by atomic mass is 10.5. The van der Waals surface area contributed by atoms with E-state index in [1.54, 1.807) is 0 Å². The minimum atomic E-state index is 0.740. The molecule has 0 fully saturated rings. The fourth-order valence-corrected chi connectivity index (χ4v) is 0.168. The first-order valence-electron chi connectivity index (χ1n) is 4.00. The molecule has 0 spiro atoms. The van der Waals surface area contributed by atoms with Crippen LogP contribution in [0.1, 0.15) is 27.2 Å². The zero-order chi connectivity index (χ0) is 9.54. The summed E-state index contributed by atoms with van der Waals surface area (Å²) in [7, 11) is 3.75. The summed E-state index contributed by atoms with van der Waals surface area (Å²) < 4.78 is 0. The largest absolute Gasteiger partial charge is 0.323 e. The summed E-state index contributed by atoms with van der Waals surface area (Å²) in [5.74, 6) is 0. The van der Waals surface area contributed by atoms with Crippen LogP contribution in [0.15, 0.2) is 4.99 Å². The molecule has 11 heavy (non-hydrogen) atoms. The number of nitrogens with zero attached hydrogens (tertiary/aromatic N) is 1. The third-order valence-corrected chi connectivity index (χ3v) is 0.414. The molecular formula is C8H21N3. The lowest BCUT2D eigenvalue weighted by Gasteiger charge is -1.73. The van der Waals surface area contributed by atoms with Crippen LogP contribution < -0.4 is 5.32 Å². The molecule has 0 aliphatic carbocycles. The van der Waals surface area contributed by atoms with Gasteiger partial charge in [0, 0.05) is 6.54 Å². The van der Waals surface area contributed by atoms with Gasteiger partial charge in [-0.3, -0.25) is 0 Å². The molecule has 0 aromatic rings. The van der Waals surface area contributed by atoms with Gasteiger partial charge in [-0.05, 0) is 20.5 Å². The van der Waals surface area contributed by atoms with Crippen molar-refractivity contribution in [1.82, 2.24) is 5.32 Å². The number of nitrogens with one attached hydrogen (secondary N) is 2. The molecule has 0 saturated carbocycles. The molecule has 0 radical (unpaired) electrons. The number of aliphatic imine (C=N–C) groups is 1. The van der Waals surface area contributed by atoms with Gasteiger partial charge in [0.25, 0.3) is 0 Å². The molecule has 0 amide bonds. The number of hydrogen-bond donors (Lipinski definition) is 2. The van der Waals surface area contributed by atoms with Crippen molar-refractivity contribution in [2.75, 3.05) is 20.6 Å². The Morgan fingerprint density at radius 3 is 1.82 bits per heavy atom. The molecule has 0 heterocycles. The Kier molecular flexibility index (Phi) is 52.5. The maximum Gasteiger partial charge on any atom is 0.0861 e. The second kappa shape index (κ2) is 34.5. The summed E-state index contributed by atoms with van der Waals surface area (Å²) >= 11 is 0. The Hall–Kier alpha value is -0.660. The average molecular weight is 159 g/mol. The molecule has 0 aromatic carbocycles. The summed E-state index contributed by atoms with van der Waals surface area (Å²) in [6.07, 6.45) is 1.01. The molecule has 0 aliphatic rings. The lowest BCUT2D eigenvalue weighted by Crippen LogP contribution is -1.89. The predicted octanol–water partition coefficient (Wildman–Crippen LogP) is 2.01. The van der Waals surface area contributed by atoms with Crippen molar-refractivity contribution in [2.24, 2.45) is 4.99 Å². The van der Waals surface area contributed by atoms with Gasteiger partial charge in [-0.15, -0.1) is 0 Å². The zero-order valence-electron chi connectivity index (χ0n) is 8.36. The highest BCUT2D eigenvalue weighted by Gasteiger charge is 1.64. The van der Waals surface area contributed by atoms with E-state index in [1.807, 2.05) is 40.9 Å². The summed E-state index contributed by atoms with van der Waals surface area (Å²) in [5.41, 5.74) is 0. The van der Waals surface area contributed by atoms with Gasteiger partial charge >= 0.3 is 0 Å². The molecule has 0 saturated heterocycles. The third-order valence-electron chi connectivity index (χ3n) is 0.414. The standard InChI is InChI=1S/C4H8N2.C2H7N.C2H6/c1-2-3-6-4-5;1-3-2;1-2/h5H,2-3H2,1H3;3H,1-2H3;1-2H3. The summed E-state index contributed by atoms with van der Waals surface area (Å²) in [5, 5.41) is 9.04.